The molecule has 2 aromatic carbocycles. The lowest BCUT2D eigenvalue weighted by molar-refractivity contribution is -0.115. The summed E-state index contributed by atoms with van der Waals surface area (Å²) in [5.41, 5.74) is 9.26. The molecule has 0 aliphatic heterocycles. The van der Waals surface area contributed by atoms with Gasteiger partial charge in [-0.1, -0.05) is 61.3 Å². The van der Waals surface area contributed by atoms with E-state index in [1.807, 2.05) is 24.3 Å². The van der Waals surface area contributed by atoms with Crippen molar-refractivity contribution < 1.29 is 4.79 Å². The molecule has 34 heavy (non-hydrogen) atoms. The summed E-state index contributed by atoms with van der Waals surface area (Å²) in [6.07, 6.45) is 0.147. The van der Waals surface area contributed by atoms with E-state index in [1.54, 1.807) is 18.2 Å². The molecule has 1 aromatic heterocycles. The molecule has 172 valence electrons. The fourth-order valence-electron chi connectivity index (χ4n) is 3.27. The van der Waals surface area contributed by atoms with Crippen LogP contribution in [0.1, 0.15) is 42.9 Å². The summed E-state index contributed by atoms with van der Waals surface area (Å²) in [5, 5.41) is 23.5. The van der Waals surface area contributed by atoms with Gasteiger partial charge in [0, 0.05) is 22.8 Å². The number of carbonyl (C=O) groups excluding carboxylic acids is 1. The Balaban J connectivity index is 1.83. The SMILES string of the molecule is CC(C)c1ccc(-c2c(C#N)c(N)nc(SCCC(=O)Nc3ccc(Cl)cc3Cl)c2C#N)cc1. The van der Waals surface area contributed by atoms with Crippen molar-refractivity contribution in [3.63, 3.8) is 0 Å². The Kier molecular flexibility index (Phi) is 8.41. The van der Waals surface area contributed by atoms with Crippen molar-refractivity contribution >= 4 is 52.4 Å². The Morgan fingerprint density at radius 2 is 1.79 bits per heavy atom. The van der Waals surface area contributed by atoms with E-state index in [0.29, 0.717) is 43.6 Å². The Hall–Kier alpha value is -3.23. The first-order chi connectivity index (χ1) is 16.2. The van der Waals surface area contributed by atoms with Crippen LogP contribution in [0.5, 0.6) is 0 Å². The molecule has 0 radical (unpaired) electrons. The maximum Gasteiger partial charge on any atom is 0.225 e. The van der Waals surface area contributed by atoms with E-state index in [4.69, 9.17) is 28.9 Å². The lowest BCUT2D eigenvalue weighted by Gasteiger charge is -2.14. The summed E-state index contributed by atoms with van der Waals surface area (Å²) in [6.45, 7) is 4.18. The second kappa shape index (κ2) is 11.3. The molecule has 3 rings (SSSR count). The minimum absolute atomic E-state index is 0.0457. The van der Waals surface area contributed by atoms with Gasteiger partial charge in [0.05, 0.1) is 16.3 Å². The topological polar surface area (TPSA) is 116 Å². The number of anilines is 2. The van der Waals surface area contributed by atoms with Crippen molar-refractivity contribution in [3.05, 3.63) is 69.2 Å². The highest BCUT2D eigenvalue weighted by Crippen LogP contribution is 2.36. The number of nitriles is 2. The number of aromatic nitrogens is 1. The van der Waals surface area contributed by atoms with Crippen LogP contribution in [0.4, 0.5) is 11.5 Å². The molecular formula is C25H21Cl2N5OS. The quantitative estimate of drug-likeness (QED) is 0.345. The van der Waals surface area contributed by atoms with Crippen LogP contribution in [0, 0.1) is 22.7 Å². The van der Waals surface area contributed by atoms with Gasteiger partial charge in [-0.05, 0) is 35.2 Å². The monoisotopic (exact) mass is 509 g/mol. The average Bonchev–Trinajstić information content (AvgIpc) is 2.80. The third-order valence-corrected chi connectivity index (χ3v) is 6.58. The van der Waals surface area contributed by atoms with Gasteiger partial charge in [0.2, 0.25) is 5.91 Å². The second-order valence-corrected chi connectivity index (χ2v) is 9.63. The number of carbonyl (C=O) groups is 1. The molecular weight excluding hydrogens is 489 g/mol. The van der Waals surface area contributed by atoms with Gasteiger partial charge in [0.1, 0.15) is 28.5 Å². The maximum absolute atomic E-state index is 12.4. The molecule has 0 saturated heterocycles. The number of amides is 1. The summed E-state index contributed by atoms with van der Waals surface area (Å²) in [7, 11) is 0. The highest BCUT2D eigenvalue weighted by molar-refractivity contribution is 7.99. The second-order valence-electron chi connectivity index (χ2n) is 7.70. The lowest BCUT2D eigenvalue weighted by Crippen LogP contribution is -2.12. The standard InChI is InChI=1S/C25H21Cl2N5OS/c1-14(2)15-3-5-16(6-4-15)23-18(12-28)24(30)32-25(19(23)13-29)34-10-9-22(33)31-21-8-7-17(26)11-20(21)27/h3-8,11,14H,9-10H2,1-2H3,(H2,30,32)(H,31,33). The van der Waals surface area contributed by atoms with E-state index < -0.39 is 0 Å². The van der Waals surface area contributed by atoms with Gasteiger partial charge in [-0.2, -0.15) is 10.5 Å². The van der Waals surface area contributed by atoms with Crippen LogP contribution >= 0.6 is 35.0 Å². The molecule has 0 aliphatic carbocycles. The van der Waals surface area contributed by atoms with E-state index in [0.717, 1.165) is 5.56 Å². The third kappa shape index (κ3) is 5.81. The molecule has 1 heterocycles. The fourth-order valence-corrected chi connectivity index (χ4v) is 4.66. The largest absolute Gasteiger partial charge is 0.383 e. The molecule has 0 bridgehead atoms. The van der Waals surface area contributed by atoms with Crippen molar-refractivity contribution in [3.8, 4) is 23.3 Å². The highest BCUT2D eigenvalue weighted by atomic mass is 35.5. The molecule has 3 aromatic rings. The van der Waals surface area contributed by atoms with Gasteiger partial charge in [-0.15, -0.1) is 11.8 Å². The number of benzene rings is 2. The Morgan fingerprint density at radius 1 is 1.12 bits per heavy atom. The van der Waals surface area contributed by atoms with Gasteiger partial charge in [-0.25, -0.2) is 4.98 Å². The number of hydrogen-bond donors (Lipinski definition) is 2. The number of nitrogen functional groups attached to an aromatic ring is 1. The first-order valence-electron chi connectivity index (χ1n) is 10.4. The van der Waals surface area contributed by atoms with E-state index in [9.17, 15) is 15.3 Å². The maximum atomic E-state index is 12.4. The van der Waals surface area contributed by atoms with Crippen LogP contribution in [0.25, 0.3) is 11.1 Å². The number of thioether (sulfide) groups is 1. The molecule has 3 N–H and O–H groups in total. The number of rotatable bonds is 7. The summed E-state index contributed by atoms with van der Waals surface area (Å²) in [5.74, 6) is 0.489. The molecule has 9 heteroatoms. The summed E-state index contributed by atoms with van der Waals surface area (Å²) >= 11 is 13.2. The molecule has 0 atom stereocenters. The Labute approximate surface area is 212 Å². The first-order valence-corrected chi connectivity index (χ1v) is 12.1. The predicted octanol–water partition coefficient (Wildman–Crippen LogP) is 6.63. The van der Waals surface area contributed by atoms with Crippen molar-refractivity contribution in [2.24, 2.45) is 0 Å². The fraction of sp³-hybridized carbons (Fsp3) is 0.200. The number of nitrogens with two attached hydrogens (primary N) is 1. The van der Waals surface area contributed by atoms with Gasteiger partial charge in [0.25, 0.3) is 0 Å². The summed E-state index contributed by atoms with van der Waals surface area (Å²) < 4.78 is 0. The molecule has 0 unspecified atom stereocenters. The van der Waals surface area contributed by atoms with Crippen LogP contribution < -0.4 is 11.1 Å². The van der Waals surface area contributed by atoms with Gasteiger partial charge in [-0.3, -0.25) is 4.79 Å². The lowest BCUT2D eigenvalue weighted by atomic mass is 9.94. The predicted molar refractivity (Wildman–Crippen MR) is 138 cm³/mol. The van der Waals surface area contributed by atoms with E-state index in [-0.39, 0.29) is 29.3 Å². The molecule has 6 nitrogen and oxygen atoms in total. The van der Waals surface area contributed by atoms with Crippen LogP contribution in [0.3, 0.4) is 0 Å². The van der Waals surface area contributed by atoms with Crippen LogP contribution in [0.15, 0.2) is 47.5 Å². The number of pyridine rings is 1. The van der Waals surface area contributed by atoms with Crippen molar-refractivity contribution in [1.82, 2.24) is 4.98 Å². The van der Waals surface area contributed by atoms with Crippen LogP contribution in [-0.2, 0) is 4.79 Å². The number of nitrogens with one attached hydrogen (secondary N) is 1. The van der Waals surface area contributed by atoms with E-state index in [2.05, 4.69) is 36.3 Å². The number of halogens is 2. The van der Waals surface area contributed by atoms with Gasteiger partial charge >= 0.3 is 0 Å². The molecule has 0 saturated carbocycles. The number of hydrogen-bond acceptors (Lipinski definition) is 6. The Bertz CT molecular complexity index is 1310. The van der Waals surface area contributed by atoms with Crippen molar-refractivity contribution in [2.45, 2.75) is 31.2 Å². The zero-order chi connectivity index (χ0) is 24.8. The van der Waals surface area contributed by atoms with Crippen molar-refractivity contribution in [2.75, 3.05) is 16.8 Å². The first kappa shape index (κ1) is 25.4. The minimum Gasteiger partial charge on any atom is -0.383 e. The smallest absolute Gasteiger partial charge is 0.225 e. The van der Waals surface area contributed by atoms with E-state index >= 15 is 0 Å². The highest BCUT2D eigenvalue weighted by Gasteiger charge is 2.21. The zero-order valence-corrected chi connectivity index (χ0v) is 20.9. The summed E-state index contributed by atoms with van der Waals surface area (Å²) in [4.78, 5) is 16.6. The molecule has 0 spiro atoms. The van der Waals surface area contributed by atoms with Crippen LogP contribution in [-0.4, -0.2) is 16.6 Å². The van der Waals surface area contributed by atoms with Crippen molar-refractivity contribution in [1.29, 1.82) is 10.5 Å². The molecule has 0 fully saturated rings. The third-order valence-electron chi connectivity index (χ3n) is 5.05. The average molecular weight is 510 g/mol. The van der Waals surface area contributed by atoms with Gasteiger partial charge in [0.15, 0.2) is 0 Å². The summed E-state index contributed by atoms with van der Waals surface area (Å²) in [6, 6.07) is 16.8. The Morgan fingerprint density at radius 3 is 2.38 bits per heavy atom. The van der Waals surface area contributed by atoms with Gasteiger partial charge < -0.3 is 11.1 Å². The van der Waals surface area contributed by atoms with Crippen LogP contribution in [0.2, 0.25) is 10.0 Å². The normalized spacial score (nSPS) is 10.6. The molecule has 1 amide bonds. The molecule has 0 aliphatic rings. The zero-order valence-electron chi connectivity index (χ0n) is 18.5. The number of nitrogens with zero attached hydrogens (tertiary/aromatic N) is 3. The minimum atomic E-state index is -0.249. The van der Waals surface area contributed by atoms with E-state index in [1.165, 1.54) is 11.8 Å².